The highest BCUT2D eigenvalue weighted by molar-refractivity contribution is 5.66. The number of nitrogen functional groups attached to an aromatic ring is 1. The Kier molecular flexibility index (Phi) is 4.18. The molecule has 1 rings (SSSR count). The van der Waals surface area contributed by atoms with Crippen molar-refractivity contribution in [2.24, 2.45) is 0 Å². The zero-order valence-electron chi connectivity index (χ0n) is 9.24. The molecule has 0 aromatic heterocycles. The molecule has 0 aliphatic heterocycles. The maximum Gasteiger partial charge on any atom is 0.418 e. The van der Waals surface area contributed by atoms with Gasteiger partial charge in [0.1, 0.15) is 0 Å². The summed E-state index contributed by atoms with van der Waals surface area (Å²) in [7, 11) is 0. The first-order valence-electron chi connectivity index (χ1n) is 5.09. The Bertz CT molecular complexity index is 446. The lowest BCUT2D eigenvalue weighted by Gasteiger charge is -2.16. The molecule has 100 valence electrons. The molecule has 0 aliphatic rings. The van der Waals surface area contributed by atoms with Gasteiger partial charge in [0.15, 0.2) is 0 Å². The number of halogens is 3. The predicted molar refractivity (Wildman–Crippen MR) is 57.7 cm³/mol. The number of aliphatic hydroxyl groups is 1. The average Bonchev–Trinajstić information content (AvgIpc) is 2.24. The third kappa shape index (κ3) is 3.36. The molecule has 0 fully saturated rings. The van der Waals surface area contributed by atoms with E-state index in [4.69, 9.17) is 10.8 Å². The van der Waals surface area contributed by atoms with Crippen LogP contribution in [0.3, 0.4) is 0 Å². The molecule has 0 spiro atoms. The van der Waals surface area contributed by atoms with E-state index in [2.05, 4.69) is 0 Å². The van der Waals surface area contributed by atoms with Crippen LogP contribution < -0.4 is 5.73 Å². The number of aliphatic carboxylic acids is 1. The number of anilines is 1. The summed E-state index contributed by atoms with van der Waals surface area (Å²) in [6.07, 6.45) is -6.48. The van der Waals surface area contributed by atoms with Crippen molar-refractivity contribution in [3.05, 3.63) is 29.3 Å². The van der Waals surface area contributed by atoms with Crippen LogP contribution in [0, 0.1) is 0 Å². The molecule has 0 saturated heterocycles. The largest absolute Gasteiger partial charge is 0.481 e. The van der Waals surface area contributed by atoms with E-state index in [1.54, 1.807) is 0 Å². The molecule has 0 radical (unpaired) electrons. The normalized spacial score (nSPS) is 13.3. The summed E-state index contributed by atoms with van der Waals surface area (Å²) in [5.74, 6) is -1.14. The van der Waals surface area contributed by atoms with Crippen molar-refractivity contribution in [1.82, 2.24) is 0 Å². The van der Waals surface area contributed by atoms with Gasteiger partial charge in [0.2, 0.25) is 0 Å². The first-order chi connectivity index (χ1) is 8.23. The zero-order valence-corrected chi connectivity index (χ0v) is 9.24. The fraction of sp³-hybridized carbons (Fsp3) is 0.364. The van der Waals surface area contributed by atoms with E-state index in [-0.39, 0.29) is 18.4 Å². The Morgan fingerprint density at radius 2 is 2.00 bits per heavy atom. The van der Waals surface area contributed by atoms with Crippen molar-refractivity contribution >= 4 is 11.7 Å². The molecule has 0 amide bonds. The number of carboxylic acids is 1. The van der Waals surface area contributed by atoms with Crippen molar-refractivity contribution < 1.29 is 28.2 Å². The minimum absolute atomic E-state index is 0.105. The van der Waals surface area contributed by atoms with Crippen LogP contribution in [0.4, 0.5) is 18.9 Å². The SMILES string of the molecule is Nc1c(C(O)CCC(=O)O)cccc1C(F)(F)F. The monoisotopic (exact) mass is 263 g/mol. The quantitative estimate of drug-likeness (QED) is 0.727. The van der Waals surface area contributed by atoms with Gasteiger partial charge in [-0.3, -0.25) is 4.79 Å². The lowest BCUT2D eigenvalue weighted by molar-refractivity contribution is -0.138. The van der Waals surface area contributed by atoms with Crippen molar-refractivity contribution in [2.45, 2.75) is 25.1 Å². The lowest BCUT2D eigenvalue weighted by Crippen LogP contribution is -2.13. The molecule has 0 bridgehead atoms. The molecular formula is C11H12F3NO3. The fourth-order valence-corrected chi connectivity index (χ4v) is 1.54. The summed E-state index contributed by atoms with van der Waals surface area (Å²) in [6, 6.07) is 3.18. The highest BCUT2D eigenvalue weighted by atomic mass is 19.4. The van der Waals surface area contributed by atoms with Crippen molar-refractivity contribution in [1.29, 1.82) is 0 Å². The van der Waals surface area contributed by atoms with Crippen LogP contribution in [0.1, 0.15) is 30.1 Å². The Morgan fingerprint density at radius 1 is 1.39 bits per heavy atom. The van der Waals surface area contributed by atoms with Gasteiger partial charge < -0.3 is 15.9 Å². The summed E-state index contributed by atoms with van der Waals surface area (Å²) in [4.78, 5) is 10.3. The second-order valence-corrected chi connectivity index (χ2v) is 3.75. The molecule has 0 aliphatic carbocycles. The average molecular weight is 263 g/mol. The molecule has 4 N–H and O–H groups in total. The molecule has 0 saturated carbocycles. The fourth-order valence-electron chi connectivity index (χ4n) is 1.54. The topological polar surface area (TPSA) is 83.5 Å². The number of carbonyl (C=O) groups is 1. The maximum atomic E-state index is 12.6. The Morgan fingerprint density at radius 3 is 2.50 bits per heavy atom. The van der Waals surface area contributed by atoms with Gasteiger partial charge >= 0.3 is 12.1 Å². The van der Waals surface area contributed by atoms with Crippen LogP contribution in [0.2, 0.25) is 0 Å². The summed E-state index contributed by atoms with van der Waals surface area (Å²) >= 11 is 0. The molecule has 1 unspecified atom stereocenters. The van der Waals surface area contributed by atoms with Crippen LogP contribution in [0.15, 0.2) is 18.2 Å². The zero-order chi connectivity index (χ0) is 13.9. The number of alkyl halides is 3. The number of nitrogens with two attached hydrogens (primary N) is 1. The highest BCUT2D eigenvalue weighted by Gasteiger charge is 2.34. The van der Waals surface area contributed by atoms with E-state index in [9.17, 15) is 23.1 Å². The molecule has 4 nitrogen and oxygen atoms in total. The van der Waals surface area contributed by atoms with E-state index < -0.39 is 29.5 Å². The molecule has 1 aromatic rings. The minimum Gasteiger partial charge on any atom is -0.481 e. The molecule has 0 heterocycles. The van der Waals surface area contributed by atoms with E-state index >= 15 is 0 Å². The Labute approximate surface area is 101 Å². The lowest BCUT2D eigenvalue weighted by atomic mass is 9.99. The van der Waals surface area contributed by atoms with E-state index in [0.717, 1.165) is 12.1 Å². The standard InChI is InChI=1S/C11H12F3NO3/c12-11(13,14)7-3-1-2-6(10(7)15)8(16)4-5-9(17)18/h1-3,8,16H,4-5,15H2,(H,17,18). The van der Waals surface area contributed by atoms with Gasteiger partial charge in [0.05, 0.1) is 11.7 Å². The van der Waals surface area contributed by atoms with Gasteiger partial charge in [-0.05, 0) is 12.5 Å². The summed E-state index contributed by atoms with van der Waals surface area (Å²) in [5, 5.41) is 18.1. The third-order valence-electron chi connectivity index (χ3n) is 2.44. The molecule has 7 heteroatoms. The Hall–Kier alpha value is -1.76. The molecular weight excluding hydrogens is 251 g/mol. The summed E-state index contributed by atoms with van der Waals surface area (Å²) < 4.78 is 37.7. The maximum absolute atomic E-state index is 12.6. The van der Waals surface area contributed by atoms with Gasteiger partial charge in [-0.1, -0.05) is 12.1 Å². The number of rotatable bonds is 4. The van der Waals surface area contributed by atoms with Gasteiger partial charge in [-0.15, -0.1) is 0 Å². The number of aliphatic hydroxyl groups excluding tert-OH is 1. The van der Waals surface area contributed by atoms with Crippen molar-refractivity contribution in [2.75, 3.05) is 5.73 Å². The minimum atomic E-state index is -4.60. The first-order valence-corrected chi connectivity index (χ1v) is 5.09. The number of carboxylic acid groups (broad SMARTS) is 1. The van der Waals surface area contributed by atoms with Crippen LogP contribution in [-0.4, -0.2) is 16.2 Å². The van der Waals surface area contributed by atoms with Crippen molar-refractivity contribution in [3.63, 3.8) is 0 Å². The summed E-state index contributed by atoms with van der Waals surface area (Å²) in [6.45, 7) is 0. The number of hydrogen-bond donors (Lipinski definition) is 3. The third-order valence-corrected chi connectivity index (χ3v) is 2.44. The van der Waals surface area contributed by atoms with Gasteiger partial charge in [0, 0.05) is 17.7 Å². The second kappa shape index (κ2) is 5.26. The van der Waals surface area contributed by atoms with Gasteiger partial charge in [0.25, 0.3) is 0 Å². The van der Waals surface area contributed by atoms with Crippen LogP contribution in [-0.2, 0) is 11.0 Å². The number of para-hydroxylation sites is 1. The number of benzene rings is 1. The van der Waals surface area contributed by atoms with E-state index in [1.165, 1.54) is 6.07 Å². The molecule has 1 atom stereocenters. The second-order valence-electron chi connectivity index (χ2n) is 3.75. The van der Waals surface area contributed by atoms with E-state index in [0.29, 0.717) is 0 Å². The van der Waals surface area contributed by atoms with Crippen molar-refractivity contribution in [3.8, 4) is 0 Å². The van der Waals surface area contributed by atoms with Crippen LogP contribution in [0.25, 0.3) is 0 Å². The summed E-state index contributed by atoms with van der Waals surface area (Å²) in [5.41, 5.74) is 3.64. The first kappa shape index (κ1) is 14.3. The van der Waals surface area contributed by atoms with Gasteiger partial charge in [-0.25, -0.2) is 0 Å². The smallest absolute Gasteiger partial charge is 0.418 e. The van der Waals surface area contributed by atoms with Crippen LogP contribution >= 0.6 is 0 Å². The Balaban J connectivity index is 3.00. The molecule has 1 aromatic carbocycles. The number of hydrogen-bond acceptors (Lipinski definition) is 3. The van der Waals surface area contributed by atoms with E-state index in [1.807, 2.05) is 0 Å². The predicted octanol–water partition coefficient (Wildman–Crippen LogP) is 2.19. The highest BCUT2D eigenvalue weighted by Crippen LogP contribution is 2.37. The van der Waals surface area contributed by atoms with Gasteiger partial charge in [-0.2, -0.15) is 13.2 Å². The van der Waals surface area contributed by atoms with Crippen LogP contribution in [0.5, 0.6) is 0 Å². The molecule has 18 heavy (non-hydrogen) atoms.